The highest BCUT2D eigenvalue weighted by Crippen LogP contribution is 2.26. The average molecular weight is 414 g/mol. The second-order valence-corrected chi connectivity index (χ2v) is 9.09. The normalized spacial score (nSPS) is 18.7. The molecule has 1 aliphatic heterocycles. The summed E-state index contributed by atoms with van der Waals surface area (Å²) >= 11 is 1.65. The number of hydrogen-bond acceptors (Lipinski definition) is 5. The van der Waals surface area contributed by atoms with Crippen LogP contribution in [0.25, 0.3) is 0 Å². The van der Waals surface area contributed by atoms with Gasteiger partial charge in [-0.15, -0.1) is 11.3 Å². The molecule has 29 heavy (non-hydrogen) atoms. The number of piperidine rings is 1. The molecule has 0 atom stereocenters. The summed E-state index contributed by atoms with van der Waals surface area (Å²) in [5, 5.41) is 6.74. The predicted molar refractivity (Wildman–Crippen MR) is 116 cm³/mol. The highest BCUT2D eigenvalue weighted by molar-refractivity contribution is 7.09. The number of carbonyl (C=O) groups excluding carboxylic acids is 1. The third kappa shape index (κ3) is 5.80. The summed E-state index contributed by atoms with van der Waals surface area (Å²) in [7, 11) is 0. The molecule has 1 aromatic heterocycles. The fraction of sp³-hybridized carbons (Fsp3) is 0.565. The monoisotopic (exact) mass is 413 g/mol. The Morgan fingerprint density at radius 3 is 2.62 bits per heavy atom. The van der Waals surface area contributed by atoms with Crippen LogP contribution in [-0.4, -0.2) is 34.9 Å². The fourth-order valence-corrected chi connectivity index (χ4v) is 5.02. The quantitative estimate of drug-likeness (QED) is 0.732. The number of ether oxygens (including phenoxy) is 1. The van der Waals surface area contributed by atoms with Crippen LogP contribution < -0.4 is 10.1 Å². The van der Waals surface area contributed by atoms with E-state index < -0.39 is 0 Å². The third-order valence-electron chi connectivity index (χ3n) is 6.04. The maximum absolute atomic E-state index is 12.7. The van der Waals surface area contributed by atoms with Gasteiger partial charge in [0.15, 0.2) is 0 Å². The van der Waals surface area contributed by atoms with Crippen molar-refractivity contribution in [3.8, 4) is 5.75 Å². The molecule has 2 fully saturated rings. The summed E-state index contributed by atoms with van der Waals surface area (Å²) in [5.41, 5.74) is 1.07. The summed E-state index contributed by atoms with van der Waals surface area (Å²) in [5.74, 6) is 1.57. The van der Waals surface area contributed by atoms with Gasteiger partial charge in [-0.3, -0.25) is 4.79 Å². The lowest BCUT2D eigenvalue weighted by atomic mass is 9.87. The molecule has 2 aliphatic rings. The van der Waals surface area contributed by atoms with Crippen LogP contribution in [0.1, 0.15) is 55.6 Å². The van der Waals surface area contributed by atoms with Gasteiger partial charge in [-0.2, -0.15) is 0 Å². The molecule has 0 spiro atoms. The minimum absolute atomic E-state index is 0.291. The summed E-state index contributed by atoms with van der Waals surface area (Å²) < 4.78 is 5.77. The second-order valence-electron chi connectivity index (χ2n) is 8.15. The van der Waals surface area contributed by atoms with Crippen LogP contribution in [0.3, 0.4) is 0 Å². The lowest BCUT2D eigenvalue weighted by Crippen LogP contribution is -2.46. The van der Waals surface area contributed by atoms with E-state index in [0.717, 1.165) is 61.8 Å². The van der Waals surface area contributed by atoms with Crippen molar-refractivity contribution >= 4 is 17.2 Å². The molecule has 2 aromatic rings. The van der Waals surface area contributed by atoms with Crippen molar-refractivity contribution in [1.82, 2.24) is 15.2 Å². The van der Waals surface area contributed by atoms with E-state index in [1.807, 2.05) is 30.3 Å². The number of thiazole rings is 1. The number of carbonyl (C=O) groups is 1. The van der Waals surface area contributed by atoms with Crippen molar-refractivity contribution in [3.05, 3.63) is 46.4 Å². The molecule has 156 valence electrons. The third-order valence-corrected chi connectivity index (χ3v) is 6.91. The number of hydrogen-bond donors (Lipinski definition) is 1. The Morgan fingerprint density at radius 2 is 1.86 bits per heavy atom. The molecule has 0 unspecified atom stereocenters. The van der Waals surface area contributed by atoms with Crippen LogP contribution in [0.15, 0.2) is 35.7 Å². The lowest BCUT2D eigenvalue weighted by Gasteiger charge is -2.35. The van der Waals surface area contributed by atoms with Gasteiger partial charge in [-0.05, 0) is 37.8 Å². The molecule has 1 saturated heterocycles. The molecule has 1 aliphatic carbocycles. The molecule has 1 saturated carbocycles. The van der Waals surface area contributed by atoms with Crippen LogP contribution in [0.4, 0.5) is 0 Å². The first-order chi connectivity index (χ1) is 14.3. The number of nitrogens with one attached hydrogen (secondary N) is 1. The topological polar surface area (TPSA) is 54.5 Å². The van der Waals surface area contributed by atoms with Gasteiger partial charge in [-0.1, -0.05) is 37.5 Å². The van der Waals surface area contributed by atoms with Crippen molar-refractivity contribution in [1.29, 1.82) is 0 Å². The van der Waals surface area contributed by atoms with E-state index in [1.54, 1.807) is 11.3 Å². The highest BCUT2D eigenvalue weighted by atomic mass is 32.1. The number of nitrogens with zero attached hydrogens (tertiary/aromatic N) is 2. The molecule has 2 heterocycles. The molecule has 5 nitrogen and oxygen atoms in total. The van der Waals surface area contributed by atoms with Crippen molar-refractivity contribution < 1.29 is 9.53 Å². The number of aromatic nitrogens is 1. The molecule has 1 amide bonds. The van der Waals surface area contributed by atoms with Gasteiger partial charge in [-0.25, -0.2) is 4.98 Å². The number of benzene rings is 1. The fourth-order valence-electron chi connectivity index (χ4n) is 4.32. The van der Waals surface area contributed by atoms with E-state index in [1.165, 1.54) is 19.3 Å². The zero-order valence-corrected chi connectivity index (χ0v) is 17.8. The lowest BCUT2D eigenvalue weighted by molar-refractivity contribution is -0.137. The zero-order valence-electron chi connectivity index (χ0n) is 17.0. The van der Waals surface area contributed by atoms with Crippen molar-refractivity contribution in [2.45, 2.75) is 64.1 Å². The van der Waals surface area contributed by atoms with Gasteiger partial charge in [0.2, 0.25) is 5.91 Å². The Balaban J connectivity index is 1.17. The minimum Gasteiger partial charge on any atom is -0.486 e. The predicted octanol–water partition coefficient (Wildman–Crippen LogP) is 4.38. The largest absolute Gasteiger partial charge is 0.486 e. The van der Waals surface area contributed by atoms with Gasteiger partial charge < -0.3 is 15.0 Å². The first-order valence-corrected chi connectivity index (χ1v) is 11.8. The second kappa shape index (κ2) is 10.2. The number of rotatable bonds is 7. The molecule has 0 bridgehead atoms. The first kappa shape index (κ1) is 20.4. The summed E-state index contributed by atoms with van der Waals surface area (Å²) in [6, 6.07) is 10.3. The molecular formula is C23H31N3O2S. The standard InChI is InChI=1S/C23H31N3O2S/c27-23(18-7-3-1-4-8-18)26-13-11-19(12-14-26)24-15-20-17-29-22(25-20)16-28-21-9-5-2-6-10-21/h2,5-6,9-10,17-19,24H,1,3-4,7-8,11-16H2. The van der Waals surface area contributed by atoms with Gasteiger partial charge in [0.25, 0.3) is 0 Å². The van der Waals surface area contributed by atoms with Gasteiger partial charge in [0.1, 0.15) is 17.4 Å². The maximum atomic E-state index is 12.7. The van der Waals surface area contributed by atoms with Crippen molar-refractivity contribution in [2.75, 3.05) is 13.1 Å². The van der Waals surface area contributed by atoms with Crippen LogP contribution in [0, 0.1) is 5.92 Å². The number of para-hydroxylation sites is 1. The smallest absolute Gasteiger partial charge is 0.225 e. The van der Waals surface area contributed by atoms with Crippen LogP contribution in [0.2, 0.25) is 0 Å². The van der Waals surface area contributed by atoms with E-state index in [0.29, 0.717) is 24.5 Å². The highest BCUT2D eigenvalue weighted by Gasteiger charge is 2.28. The van der Waals surface area contributed by atoms with Gasteiger partial charge in [0, 0.05) is 37.0 Å². The Labute approximate surface area is 177 Å². The molecule has 0 radical (unpaired) electrons. The van der Waals surface area contributed by atoms with Gasteiger partial charge >= 0.3 is 0 Å². The Morgan fingerprint density at radius 1 is 1.10 bits per heavy atom. The maximum Gasteiger partial charge on any atom is 0.225 e. The molecule has 4 rings (SSSR count). The van der Waals surface area contributed by atoms with Crippen LogP contribution >= 0.6 is 11.3 Å². The Bertz CT molecular complexity index is 765. The van der Waals surface area contributed by atoms with Crippen LogP contribution in [0.5, 0.6) is 5.75 Å². The average Bonchev–Trinajstić information content (AvgIpc) is 3.25. The first-order valence-electron chi connectivity index (χ1n) is 10.9. The molecule has 1 N–H and O–H groups in total. The van der Waals surface area contributed by atoms with E-state index >= 15 is 0 Å². The van der Waals surface area contributed by atoms with Gasteiger partial charge in [0.05, 0.1) is 5.69 Å². The van der Waals surface area contributed by atoms with Crippen molar-refractivity contribution in [3.63, 3.8) is 0 Å². The molecular weight excluding hydrogens is 382 g/mol. The van der Waals surface area contributed by atoms with Crippen molar-refractivity contribution in [2.24, 2.45) is 5.92 Å². The zero-order chi connectivity index (χ0) is 19.9. The SMILES string of the molecule is O=C(C1CCCCC1)N1CCC(NCc2csc(COc3ccccc3)n2)CC1. The van der Waals surface area contributed by atoms with E-state index in [2.05, 4.69) is 20.6 Å². The molecule has 1 aromatic carbocycles. The summed E-state index contributed by atoms with van der Waals surface area (Å²) in [6.07, 6.45) is 8.00. The van der Waals surface area contributed by atoms with E-state index in [9.17, 15) is 4.79 Å². The number of likely N-dealkylation sites (tertiary alicyclic amines) is 1. The minimum atomic E-state index is 0.291. The van der Waals surface area contributed by atoms with E-state index in [4.69, 9.17) is 4.74 Å². The summed E-state index contributed by atoms with van der Waals surface area (Å²) in [4.78, 5) is 19.5. The summed E-state index contributed by atoms with van der Waals surface area (Å²) in [6.45, 7) is 3.07. The Kier molecular flexibility index (Phi) is 7.17. The van der Waals surface area contributed by atoms with E-state index in [-0.39, 0.29) is 0 Å². The van der Waals surface area contributed by atoms with Crippen LogP contribution in [-0.2, 0) is 17.9 Å². The molecule has 6 heteroatoms. The Hall–Kier alpha value is -1.92. The number of amides is 1.